The number of nitrogens with zero attached hydrogens (tertiary/aromatic N) is 2. The fourth-order valence-electron chi connectivity index (χ4n) is 1.56. The Balaban J connectivity index is 2.49. The molecule has 2 N–H and O–H groups in total. The highest BCUT2D eigenvalue weighted by Crippen LogP contribution is 2.05. The number of carbonyl (C=O) groups excluding carboxylic acids is 1. The van der Waals surface area contributed by atoms with E-state index in [0.717, 1.165) is 13.0 Å². The van der Waals surface area contributed by atoms with Crippen LogP contribution in [0.1, 0.15) is 50.5 Å². The summed E-state index contributed by atoms with van der Waals surface area (Å²) < 4.78 is 0. The maximum atomic E-state index is 11.8. The van der Waals surface area contributed by atoms with E-state index >= 15 is 0 Å². The van der Waals surface area contributed by atoms with Crippen LogP contribution in [-0.4, -0.2) is 29.0 Å². The molecule has 0 aliphatic rings. The topological polar surface area (TPSA) is 66.9 Å². The van der Waals surface area contributed by atoms with Gasteiger partial charge in [-0.15, -0.1) is 0 Å². The molecular formula is C14H24N4O. The molecular weight excluding hydrogens is 240 g/mol. The lowest BCUT2D eigenvalue weighted by molar-refractivity contribution is 0.0944. The second kappa shape index (κ2) is 8.45. The van der Waals surface area contributed by atoms with Gasteiger partial charge in [-0.1, -0.05) is 33.6 Å². The molecule has 0 bridgehead atoms. The lowest BCUT2D eigenvalue weighted by atomic mass is 10.2. The Morgan fingerprint density at radius 2 is 2.11 bits per heavy atom. The van der Waals surface area contributed by atoms with Crippen LogP contribution in [0, 0.1) is 5.92 Å². The van der Waals surface area contributed by atoms with Crippen molar-refractivity contribution in [2.75, 3.05) is 18.4 Å². The molecule has 0 aliphatic heterocycles. The van der Waals surface area contributed by atoms with Crippen LogP contribution in [0.25, 0.3) is 0 Å². The maximum Gasteiger partial charge on any atom is 0.270 e. The number of nitrogens with one attached hydrogen (secondary N) is 2. The third-order valence-electron chi connectivity index (χ3n) is 2.66. The van der Waals surface area contributed by atoms with Crippen LogP contribution < -0.4 is 10.6 Å². The summed E-state index contributed by atoms with van der Waals surface area (Å²) in [4.78, 5) is 20.0. The molecule has 106 valence electrons. The number of anilines is 1. The van der Waals surface area contributed by atoms with Crippen molar-refractivity contribution >= 4 is 11.7 Å². The standard InChI is InChI=1S/C14H24N4O/c1-4-5-6-7-15-13-8-12(17-10-18-13)14(19)16-9-11(2)3/h8,10-11H,4-7,9H2,1-3H3,(H,16,19)(H,15,17,18). The van der Waals surface area contributed by atoms with Gasteiger partial charge in [-0.25, -0.2) is 9.97 Å². The smallest absolute Gasteiger partial charge is 0.270 e. The molecule has 5 heteroatoms. The summed E-state index contributed by atoms with van der Waals surface area (Å²) in [6.07, 6.45) is 4.91. The second-order valence-corrected chi connectivity index (χ2v) is 5.03. The van der Waals surface area contributed by atoms with E-state index in [9.17, 15) is 4.79 Å². The molecule has 0 saturated carbocycles. The zero-order valence-electron chi connectivity index (χ0n) is 12.1. The highest BCUT2D eigenvalue weighted by atomic mass is 16.1. The number of rotatable bonds is 8. The van der Waals surface area contributed by atoms with Gasteiger partial charge in [0.15, 0.2) is 0 Å². The fourth-order valence-corrected chi connectivity index (χ4v) is 1.56. The molecule has 1 rings (SSSR count). The molecule has 0 aromatic carbocycles. The first-order chi connectivity index (χ1) is 9.13. The summed E-state index contributed by atoms with van der Waals surface area (Å²) in [6, 6.07) is 1.70. The Morgan fingerprint density at radius 1 is 1.32 bits per heavy atom. The second-order valence-electron chi connectivity index (χ2n) is 5.03. The molecule has 0 unspecified atom stereocenters. The Morgan fingerprint density at radius 3 is 2.79 bits per heavy atom. The highest BCUT2D eigenvalue weighted by Gasteiger charge is 2.08. The van der Waals surface area contributed by atoms with Crippen LogP contribution in [0.5, 0.6) is 0 Å². The zero-order valence-corrected chi connectivity index (χ0v) is 12.1. The molecule has 0 saturated heterocycles. The first-order valence-electron chi connectivity index (χ1n) is 6.97. The van der Waals surface area contributed by atoms with Gasteiger partial charge in [0.1, 0.15) is 17.8 Å². The Labute approximate surface area is 115 Å². The van der Waals surface area contributed by atoms with Crippen molar-refractivity contribution in [1.29, 1.82) is 0 Å². The minimum Gasteiger partial charge on any atom is -0.370 e. The van der Waals surface area contributed by atoms with Crippen LogP contribution in [0.3, 0.4) is 0 Å². The van der Waals surface area contributed by atoms with Crippen molar-refractivity contribution < 1.29 is 4.79 Å². The van der Waals surface area contributed by atoms with Gasteiger partial charge in [0.05, 0.1) is 0 Å². The minimum absolute atomic E-state index is 0.146. The van der Waals surface area contributed by atoms with E-state index in [1.54, 1.807) is 6.07 Å². The number of unbranched alkanes of at least 4 members (excludes halogenated alkanes) is 2. The third kappa shape index (κ3) is 6.18. The van der Waals surface area contributed by atoms with E-state index in [2.05, 4.69) is 41.4 Å². The minimum atomic E-state index is -0.146. The first-order valence-corrected chi connectivity index (χ1v) is 6.97. The predicted octanol–water partition coefficient (Wildman–Crippen LogP) is 2.46. The molecule has 0 atom stereocenters. The monoisotopic (exact) mass is 264 g/mol. The van der Waals surface area contributed by atoms with Crippen LogP contribution in [0.15, 0.2) is 12.4 Å². The summed E-state index contributed by atoms with van der Waals surface area (Å²) in [7, 11) is 0. The van der Waals surface area contributed by atoms with Gasteiger partial charge in [0, 0.05) is 19.2 Å². The van der Waals surface area contributed by atoms with Gasteiger partial charge >= 0.3 is 0 Å². The van der Waals surface area contributed by atoms with Gasteiger partial charge in [0.25, 0.3) is 5.91 Å². The molecule has 1 amide bonds. The van der Waals surface area contributed by atoms with Crippen molar-refractivity contribution in [2.45, 2.75) is 40.0 Å². The van der Waals surface area contributed by atoms with Crippen LogP contribution >= 0.6 is 0 Å². The Hall–Kier alpha value is -1.65. The van der Waals surface area contributed by atoms with E-state index in [4.69, 9.17) is 0 Å². The van der Waals surface area contributed by atoms with Crippen molar-refractivity contribution in [2.24, 2.45) is 5.92 Å². The van der Waals surface area contributed by atoms with Gasteiger partial charge < -0.3 is 10.6 Å². The molecule has 0 fully saturated rings. The summed E-state index contributed by atoms with van der Waals surface area (Å²) in [5.74, 6) is 0.992. The van der Waals surface area contributed by atoms with Crippen molar-refractivity contribution in [3.05, 3.63) is 18.1 Å². The predicted molar refractivity (Wildman–Crippen MR) is 77.2 cm³/mol. The van der Waals surface area contributed by atoms with Crippen molar-refractivity contribution in [3.8, 4) is 0 Å². The fraction of sp³-hybridized carbons (Fsp3) is 0.643. The van der Waals surface area contributed by atoms with Crippen LogP contribution in [0.4, 0.5) is 5.82 Å². The zero-order chi connectivity index (χ0) is 14.1. The van der Waals surface area contributed by atoms with Gasteiger partial charge in [-0.2, -0.15) is 0 Å². The van der Waals surface area contributed by atoms with E-state index in [1.165, 1.54) is 19.2 Å². The summed E-state index contributed by atoms with van der Waals surface area (Å²) >= 11 is 0. The number of aromatic nitrogens is 2. The van der Waals surface area contributed by atoms with E-state index in [-0.39, 0.29) is 5.91 Å². The van der Waals surface area contributed by atoms with Gasteiger partial charge in [0.2, 0.25) is 0 Å². The molecule has 0 aliphatic carbocycles. The lowest BCUT2D eigenvalue weighted by Crippen LogP contribution is -2.28. The summed E-state index contributed by atoms with van der Waals surface area (Å²) in [6.45, 7) is 7.81. The first kappa shape index (κ1) is 15.4. The number of hydrogen-bond donors (Lipinski definition) is 2. The largest absolute Gasteiger partial charge is 0.370 e. The van der Waals surface area contributed by atoms with Crippen LogP contribution in [0.2, 0.25) is 0 Å². The average Bonchev–Trinajstić information content (AvgIpc) is 2.41. The SMILES string of the molecule is CCCCCNc1cc(C(=O)NCC(C)C)ncn1. The van der Waals surface area contributed by atoms with Crippen molar-refractivity contribution in [1.82, 2.24) is 15.3 Å². The number of amides is 1. The average molecular weight is 264 g/mol. The quantitative estimate of drug-likeness (QED) is 0.708. The molecule has 0 spiro atoms. The van der Waals surface area contributed by atoms with E-state index in [1.807, 2.05) is 0 Å². The molecule has 1 aromatic rings. The van der Waals surface area contributed by atoms with Gasteiger partial charge in [-0.05, 0) is 12.3 Å². The molecule has 1 heterocycles. The summed E-state index contributed by atoms with van der Waals surface area (Å²) in [5, 5.41) is 6.05. The summed E-state index contributed by atoms with van der Waals surface area (Å²) in [5.41, 5.74) is 0.411. The number of carbonyl (C=O) groups is 1. The van der Waals surface area contributed by atoms with Gasteiger partial charge in [-0.3, -0.25) is 4.79 Å². The highest BCUT2D eigenvalue weighted by molar-refractivity contribution is 5.92. The molecule has 5 nitrogen and oxygen atoms in total. The van der Waals surface area contributed by atoms with E-state index < -0.39 is 0 Å². The third-order valence-corrected chi connectivity index (χ3v) is 2.66. The lowest BCUT2D eigenvalue weighted by Gasteiger charge is -2.08. The Bertz CT molecular complexity index is 393. The van der Waals surface area contributed by atoms with Crippen LogP contribution in [-0.2, 0) is 0 Å². The Kier molecular flexibility index (Phi) is 6.85. The molecule has 0 radical (unpaired) electrons. The van der Waals surface area contributed by atoms with Crippen molar-refractivity contribution in [3.63, 3.8) is 0 Å². The normalized spacial score (nSPS) is 10.5. The molecule has 1 aromatic heterocycles. The van der Waals surface area contributed by atoms with E-state index in [0.29, 0.717) is 24.0 Å². The molecule has 19 heavy (non-hydrogen) atoms. The maximum absolute atomic E-state index is 11.8. The number of hydrogen-bond acceptors (Lipinski definition) is 4.